The first-order chi connectivity index (χ1) is 10.2. The van der Waals surface area contributed by atoms with Crippen LogP contribution in [-0.2, 0) is 6.54 Å². The predicted molar refractivity (Wildman–Crippen MR) is 86.0 cm³/mol. The summed E-state index contributed by atoms with van der Waals surface area (Å²) < 4.78 is 5.37. The van der Waals surface area contributed by atoms with E-state index < -0.39 is 0 Å². The fourth-order valence-corrected chi connectivity index (χ4v) is 2.31. The molecule has 0 aliphatic heterocycles. The van der Waals surface area contributed by atoms with E-state index in [2.05, 4.69) is 34.4 Å². The highest BCUT2D eigenvalue weighted by Gasteiger charge is 2.14. The van der Waals surface area contributed by atoms with Crippen molar-refractivity contribution < 1.29 is 4.74 Å². The van der Waals surface area contributed by atoms with Gasteiger partial charge in [0.15, 0.2) is 0 Å². The average molecular weight is 286 g/mol. The Kier molecular flexibility index (Phi) is 4.98. The van der Waals surface area contributed by atoms with E-state index in [1.54, 1.807) is 13.4 Å². The van der Waals surface area contributed by atoms with Gasteiger partial charge in [-0.15, -0.1) is 0 Å². The lowest BCUT2D eigenvalue weighted by atomic mass is 10.0. The number of hydrogen-bond donors (Lipinski definition) is 2. The number of methoxy groups -OCH3 is 1. The normalized spacial score (nSPS) is 10.5. The summed E-state index contributed by atoms with van der Waals surface area (Å²) in [5, 5.41) is 6.51. The zero-order chi connectivity index (χ0) is 15.2. The van der Waals surface area contributed by atoms with Crippen LogP contribution in [0.2, 0.25) is 0 Å². The van der Waals surface area contributed by atoms with Gasteiger partial charge in [0.25, 0.3) is 0 Å². The molecule has 5 heteroatoms. The van der Waals surface area contributed by atoms with Gasteiger partial charge in [0, 0.05) is 24.7 Å². The number of rotatable bonds is 6. The molecule has 112 valence electrons. The average Bonchev–Trinajstić information content (AvgIpc) is 2.52. The van der Waals surface area contributed by atoms with Gasteiger partial charge in [-0.25, -0.2) is 9.97 Å². The Morgan fingerprint density at radius 3 is 2.52 bits per heavy atom. The molecule has 2 N–H and O–H groups in total. The van der Waals surface area contributed by atoms with Gasteiger partial charge in [0.05, 0.1) is 7.11 Å². The number of nitrogens with one attached hydrogen (secondary N) is 2. The minimum Gasteiger partial charge on any atom is -0.496 e. The third-order valence-electron chi connectivity index (χ3n) is 3.34. The Morgan fingerprint density at radius 2 is 1.86 bits per heavy atom. The smallest absolute Gasteiger partial charge is 0.135 e. The first-order valence-corrected chi connectivity index (χ1v) is 7.05. The quantitative estimate of drug-likeness (QED) is 0.853. The largest absolute Gasteiger partial charge is 0.496 e. The summed E-state index contributed by atoms with van der Waals surface area (Å²) in [6.45, 7) is 4.92. The maximum atomic E-state index is 5.37. The van der Waals surface area contributed by atoms with Crippen LogP contribution in [0.4, 0.5) is 11.6 Å². The van der Waals surface area contributed by atoms with E-state index in [1.165, 1.54) is 0 Å². The van der Waals surface area contributed by atoms with Crippen molar-refractivity contribution in [3.05, 3.63) is 41.7 Å². The lowest BCUT2D eigenvalue weighted by molar-refractivity contribution is 0.410. The summed E-state index contributed by atoms with van der Waals surface area (Å²) in [7, 11) is 3.56. The Hall–Kier alpha value is -2.30. The van der Waals surface area contributed by atoms with E-state index in [-0.39, 0.29) is 0 Å². The zero-order valence-corrected chi connectivity index (χ0v) is 13.0. The molecule has 1 aromatic heterocycles. The number of aromatic nitrogens is 2. The number of hydrogen-bond acceptors (Lipinski definition) is 5. The Balaban J connectivity index is 2.24. The summed E-state index contributed by atoms with van der Waals surface area (Å²) in [4.78, 5) is 8.66. The van der Waals surface area contributed by atoms with Crippen LogP contribution in [0.15, 0.2) is 30.6 Å². The van der Waals surface area contributed by atoms with Gasteiger partial charge in [-0.2, -0.15) is 0 Å². The molecular weight excluding hydrogens is 264 g/mol. The molecule has 0 fully saturated rings. The minimum atomic E-state index is 0.328. The van der Waals surface area contributed by atoms with Crippen LogP contribution in [0.3, 0.4) is 0 Å². The van der Waals surface area contributed by atoms with Crippen molar-refractivity contribution in [3.8, 4) is 5.75 Å². The van der Waals surface area contributed by atoms with E-state index in [9.17, 15) is 0 Å². The lowest BCUT2D eigenvalue weighted by Gasteiger charge is -2.17. The van der Waals surface area contributed by atoms with Crippen molar-refractivity contribution in [2.75, 3.05) is 24.8 Å². The summed E-state index contributed by atoms with van der Waals surface area (Å²) >= 11 is 0. The maximum Gasteiger partial charge on any atom is 0.135 e. The van der Waals surface area contributed by atoms with Gasteiger partial charge in [-0.1, -0.05) is 32.0 Å². The van der Waals surface area contributed by atoms with Gasteiger partial charge in [0.1, 0.15) is 23.7 Å². The predicted octanol–water partition coefficient (Wildman–Crippen LogP) is 3.26. The summed E-state index contributed by atoms with van der Waals surface area (Å²) in [5.74, 6) is 2.92. The molecule has 1 aromatic carbocycles. The first-order valence-electron chi connectivity index (χ1n) is 7.05. The van der Waals surface area contributed by atoms with Crippen molar-refractivity contribution >= 4 is 11.6 Å². The van der Waals surface area contributed by atoms with Crippen LogP contribution in [0.25, 0.3) is 0 Å². The second-order valence-corrected chi connectivity index (χ2v) is 5.05. The molecule has 0 saturated heterocycles. The monoisotopic (exact) mass is 286 g/mol. The van der Waals surface area contributed by atoms with E-state index in [4.69, 9.17) is 4.74 Å². The highest BCUT2D eigenvalue weighted by atomic mass is 16.5. The molecule has 0 spiro atoms. The van der Waals surface area contributed by atoms with Crippen LogP contribution in [0.1, 0.15) is 30.9 Å². The molecule has 0 amide bonds. The molecule has 0 atom stereocenters. The van der Waals surface area contributed by atoms with Gasteiger partial charge in [-0.3, -0.25) is 0 Å². The highest BCUT2D eigenvalue weighted by Crippen LogP contribution is 2.28. The van der Waals surface area contributed by atoms with E-state index in [0.29, 0.717) is 12.5 Å². The molecule has 2 aromatic rings. The minimum absolute atomic E-state index is 0.328. The van der Waals surface area contributed by atoms with Gasteiger partial charge in [0.2, 0.25) is 0 Å². The summed E-state index contributed by atoms with van der Waals surface area (Å²) in [6.07, 6.45) is 1.57. The van der Waals surface area contributed by atoms with Crippen LogP contribution in [-0.4, -0.2) is 24.1 Å². The van der Waals surface area contributed by atoms with E-state index >= 15 is 0 Å². The van der Waals surface area contributed by atoms with Gasteiger partial charge >= 0.3 is 0 Å². The molecule has 0 aliphatic rings. The number of nitrogens with zero attached hydrogens (tertiary/aromatic N) is 2. The second kappa shape index (κ2) is 6.92. The highest BCUT2D eigenvalue weighted by molar-refractivity contribution is 5.59. The molecule has 1 heterocycles. The lowest BCUT2D eigenvalue weighted by Crippen LogP contribution is -2.10. The number of anilines is 2. The molecule has 0 radical (unpaired) electrons. The molecule has 0 saturated carbocycles. The molecular formula is C16H22N4O. The van der Waals surface area contributed by atoms with Crippen LogP contribution >= 0.6 is 0 Å². The van der Waals surface area contributed by atoms with Gasteiger partial charge in [-0.05, 0) is 12.0 Å². The van der Waals surface area contributed by atoms with Crippen molar-refractivity contribution in [2.45, 2.75) is 26.3 Å². The van der Waals surface area contributed by atoms with E-state index in [1.807, 2.05) is 31.3 Å². The third-order valence-corrected chi connectivity index (χ3v) is 3.34. The van der Waals surface area contributed by atoms with Crippen molar-refractivity contribution in [1.29, 1.82) is 0 Å². The number of ether oxygens (including phenoxy) is 1. The number of para-hydroxylation sites is 1. The fraction of sp³-hybridized carbons (Fsp3) is 0.375. The topological polar surface area (TPSA) is 59.1 Å². The van der Waals surface area contributed by atoms with Crippen LogP contribution in [0, 0.1) is 0 Å². The zero-order valence-electron chi connectivity index (χ0n) is 13.0. The Bertz CT molecular complexity index is 599. The standard InChI is InChI=1S/C16H22N4O/c1-11(2)14-15(17-3)19-10-20-16(14)18-9-12-7-5-6-8-13(12)21-4/h5-8,10-11H,9H2,1-4H3,(H2,17,18,19,20). The molecule has 0 bridgehead atoms. The Morgan fingerprint density at radius 1 is 1.14 bits per heavy atom. The molecule has 0 aliphatic carbocycles. The molecule has 5 nitrogen and oxygen atoms in total. The van der Waals surface area contributed by atoms with Gasteiger partial charge < -0.3 is 15.4 Å². The Labute approximate surface area is 125 Å². The second-order valence-electron chi connectivity index (χ2n) is 5.05. The maximum absolute atomic E-state index is 5.37. The molecule has 0 unspecified atom stereocenters. The summed E-state index contributed by atoms with van der Waals surface area (Å²) in [5.41, 5.74) is 2.19. The van der Waals surface area contributed by atoms with Crippen LogP contribution < -0.4 is 15.4 Å². The fourth-order valence-electron chi connectivity index (χ4n) is 2.31. The SMILES string of the molecule is CNc1ncnc(NCc2ccccc2OC)c1C(C)C. The van der Waals surface area contributed by atoms with Crippen molar-refractivity contribution in [1.82, 2.24) is 9.97 Å². The first kappa shape index (κ1) is 15.1. The van der Waals surface area contributed by atoms with Crippen molar-refractivity contribution in [3.63, 3.8) is 0 Å². The third kappa shape index (κ3) is 3.42. The van der Waals surface area contributed by atoms with Crippen LogP contribution in [0.5, 0.6) is 5.75 Å². The number of benzene rings is 1. The summed E-state index contributed by atoms with van der Waals surface area (Å²) in [6, 6.07) is 7.97. The molecule has 21 heavy (non-hydrogen) atoms. The van der Waals surface area contributed by atoms with E-state index in [0.717, 1.165) is 28.5 Å². The van der Waals surface area contributed by atoms with Crippen molar-refractivity contribution in [2.24, 2.45) is 0 Å². The molecule has 2 rings (SSSR count).